The second-order valence-electron chi connectivity index (χ2n) is 8.53. The first-order valence-corrected chi connectivity index (χ1v) is 11.3. The Morgan fingerprint density at radius 3 is 2.63 bits per heavy atom. The van der Waals surface area contributed by atoms with Crippen molar-refractivity contribution in [2.75, 3.05) is 12.4 Å². The third-order valence-electron chi connectivity index (χ3n) is 6.36. The van der Waals surface area contributed by atoms with E-state index >= 15 is 0 Å². The van der Waals surface area contributed by atoms with Crippen LogP contribution in [0.15, 0.2) is 54.9 Å². The molecular formula is C26H23F2N5O2. The van der Waals surface area contributed by atoms with Crippen LogP contribution in [0.4, 0.5) is 14.6 Å². The van der Waals surface area contributed by atoms with Gasteiger partial charge in [0.05, 0.1) is 13.0 Å². The van der Waals surface area contributed by atoms with E-state index in [1.165, 1.54) is 13.2 Å². The minimum Gasteiger partial charge on any atom is -0.494 e. The number of nitrogens with zero attached hydrogens (tertiary/aromatic N) is 3. The highest BCUT2D eigenvalue weighted by atomic mass is 19.2. The van der Waals surface area contributed by atoms with Crippen molar-refractivity contribution < 1.29 is 18.3 Å². The smallest absolute Gasteiger partial charge is 0.222 e. The Bertz CT molecular complexity index is 1410. The Balaban J connectivity index is 1.71. The molecule has 35 heavy (non-hydrogen) atoms. The molecule has 0 bridgehead atoms. The fourth-order valence-corrected chi connectivity index (χ4v) is 4.58. The zero-order valence-corrected chi connectivity index (χ0v) is 19.0. The first kappa shape index (κ1) is 22.6. The predicted octanol–water partition coefficient (Wildman–Crippen LogP) is 4.71. The molecule has 5 rings (SSSR count). The number of fused-ring (bicyclic) bond motifs is 1. The van der Waals surface area contributed by atoms with Crippen LogP contribution in [0, 0.1) is 17.6 Å². The predicted molar refractivity (Wildman–Crippen MR) is 129 cm³/mol. The molecule has 2 heterocycles. The van der Waals surface area contributed by atoms with Crippen molar-refractivity contribution in [1.82, 2.24) is 15.0 Å². The van der Waals surface area contributed by atoms with Crippen molar-refractivity contribution >= 4 is 22.6 Å². The molecule has 178 valence electrons. The lowest BCUT2D eigenvalue weighted by Gasteiger charge is -2.21. The number of carbonyl (C=O) groups excluding carboxylic acids is 1. The third kappa shape index (κ3) is 4.37. The highest BCUT2D eigenvalue weighted by molar-refractivity contribution is 5.98. The molecule has 1 aliphatic carbocycles. The van der Waals surface area contributed by atoms with Crippen LogP contribution in [-0.2, 0) is 4.79 Å². The topological polar surface area (TPSA) is 103 Å². The molecule has 1 fully saturated rings. The van der Waals surface area contributed by atoms with E-state index in [1.807, 2.05) is 6.07 Å². The summed E-state index contributed by atoms with van der Waals surface area (Å²) < 4.78 is 33.2. The number of anilines is 1. The Kier molecular flexibility index (Phi) is 5.98. The maximum atomic E-state index is 14.0. The molecule has 7 nitrogen and oxygen atoms in total. The first-order valence-electron chi connectivity index (χ1n) is 11.3. The second kappa shape index (κ2) is 9.25. The summed E-state index contributed by atoms with van der Waals surface area (Å²) in [6.45, 7) is 0. The molecule has 0 spiro atoms. The molecule has 2 atom stereocenters. The zero-order valence-electron chi connectivity index (χ0n) is 19.0. The number of ether oxygens (including phenoxy) is 1. The summed E-state index contributed by atoms with van der Waals surface area (Å²) in [5.74, 6) is -1.18. The maximum Gasteiger partial charge on any atom is 0.222 e. The summed E-state index contributed by atoms with van der Waals surface area (Å²) in [6.07, 6.45) is 5.66. The average Bonchev–Trinajstić information content (AvgIpc) is 3.34. The van der Waals surface area contributed by atoms with Gasteiger partial charge in [0.1, 0.15) is 17.1 Å². The molecule has 3 N–H and O–H groups in total. The highest BCUT2D eigenvalue weighted by Gasteiger charge is 2.32. The van der Waals surface area contributed by atoms with Crippen molar-refractivity contribution in [3.05, 3.63) is 66.5 Å². The van der Waals surface area contributed by atoms with Gasteiger partial charge in [0.2, 0.25) is 5.91 Å². The summed E-state index contributed by atoms with van der Waals surface area (Å²) in [6, 6.07) is 10.7. The molecule has 9 heteroatoms. The van der Waals surface area contributed by atoms with Crippen LogP contribution in [0.1, 0.15) is 19.3 Å². The van der Waals surface area contributed by atoms with E-state index in [1.54, 1.807) is 30.6 Å². The summed E-state index contributed by atoms with van der Waals surface area (Å²) in [5, 5.41) is 4.03. The Morgan fingerprint density at radius 1 is 1.06 bits per heavy atom. The highest BCUT2D eigenvalue weighted by Crippen LogP contribution is 2.38. The number of amides is 1. The molecule has 1 aliphatic rings. The summed E-state index contributed by atoms with van der Waals surface area (Å²) in [7, 11) is 1.52. The van der Waals surface area contributed by atoms with Crippen molar-refractivity contribution in [2.24, 2.45) is 11.7 Å². The van der Waals surface area contributed by atoms with Gasteiger partial charge in [-0.05, 0) is 60.4 Å². The monoisotopic (exact) mass is 475 g/mol. The van der Waals surface area contributed by atoms with Gasteiger partial charge in [-0.3, -0.25) is 9.78 Å². The quantitative estimate of drug-likeness (QED) is 0.419. The Hall–Kier alpha value is -4.14. The van der Waals surface area contributed by atoms with Crippen LogP contribution in [-0.4, -0.2) is 34.0 Å². The van der Waals surface area contributed by atoms with E-state index < -0.39 is 11.6 Å². The summed E-state index contributed by atoms with van der Waals surface area (Å²) >= 11 is 0. The number of primary amides is 1. The Labute approximate surface area is 200 Å². The number of aromatic nitrogens is 3. The summed E-state index contributed by atoms with van der Waals surface area (Å²) in [5.41, 5.74) is 7.96. The van der Waals surface area contributed by atoms with Crippen LogP contribution >= 0.6 is 0 Å². The van der Waals surface area contributed by atoms with E-state index in [0.717, 1.165) is 25.0 Å². The number of hydrogen-bond donors (Lipinski definition) is 2. The molecule has 1 saturated carbocycles. The number of methoxy groups -OCH3 is 1. The van der Waals surface area contributed by atoms with E-state index in [2.05, 4.69) is 10.3 Å². The Morgan fingerprint density at radius 2 is 1.91 bits per heavy atom. The van der Waals surface area contributed by atoms with Crippen LogP contribution in [0.3, 0.4) is 0 Å². The van der Waals surface area contributed by atoms with E-state index in [4.69, 9.17) is 20.4 Å². The lowest BCUT2D eigenvalue weighted by Crippen LogP contribution is -2.34. The molecular weight excluding hydrogens is 452 g/mol. The van der Waals surface area contributed by atoms with E-state index in [0.29, 0.717) is 51.4 Å². The molecule has 2 unspecified atom stereocenters. The minimum absolute atomic E-state index is 0.190. The molecule has 0 saturated heterocycles. The van der Waals surface area contributed by atoms with E-state index in [9.17, 15) is 13.6 Å². The lowest BCUT2D eigenvalue weighted by atomic mass is 10.0. The van der Waals surface area contributed by atoms with Crippen molar-refractivity contribution in [1.29, 1.82) is 0 Å². The van der Waals surface area contributed by atoms with Gasteiger partial charge in [-0.2, -0.15) is 0 Å². The molecule has 0 radical (unpaired) electrons. The van der Waals surface area contributed by atoms with Crippen molar-refractivity contribution in [3.63, 3.8) is 0 Å². The molecule has 1 amide bonds. The van der Waals surface area contributed by atoms with Gasteiger partial charge in [-0.25, -0.2) is 18.7 Å². The molecule has 4 aromatic rings. The van der Waals surface area contributed by atoms with Gasteiger partial charge in [-0.15, -0.1) is 0 Å². The number of halogens is 2. The minimum atomic E-state index is -0.946. The third-order valence-corrected chi connectivity index (χ3v) is 6.36. The molecule has 2 aromatic heterocycles. The normalized spacial score (nSPS) is 17.5. The number of benzene rings is 2. The number of nitrogens with one attached hydrogen (secondary N) is 1. The zero-order chi connectivity index (χ0) is 24.5. The maximum absolute atomic E-state index is 14.0. The molecule has 2 aromatic carbocycles. The van der Waals surface area contributed by atoms with Gasteiger partial charge in [0.25, 0.3) is 0 Å². The van der Waals surface area contributed by atoms with Crippen LogP contribution in [0.5, 0.6) is 5.75 Å². The second-order valence-corrected chi connectivity index (χ2v) is 8.53. The fraction of sp³-hybridized carbons (Fsp3) is 0.231. The number of nitrogens with two attached hydrogens (primary N) is 1. The summed E-state index contributed by atoms with van der Waals surface area (Å²) in [4.78, 5) is 25.7. The number of rotatable bonds is 6. The lowest BCUT2D eigenvalue weighted by molar-refractivity contribution is -0.121. The van der Waals surface area contributed by atoms with Gasteiger partial charge < -0.3 is 15.8 Å². The van der Waals surface area contributed by atoms with Crippen molar-refractivity contribution in [2.45, 2.75) is 25.3 Å². The van der Waals surface area contributed by atoms with Crippen LogP contribution in [0.2, 0.25) is 0 Å². The number of pyridine rings is 1. The largest absolute Gasteiger partial charge is 0.494 e. The van der Waals surface area contributed by atoms with Gasteiger partial charge >= 0.3 is 0 Å². The van der Waals surface area contributed by atoms with Crippen LogP contribution in [0.25, 0.3) is 33.4 Å². The fourth-order valence-electron chi connectivity index (χ4n) is 4.58. The van der Waals surface area contributed by atoms with Crippen LogP contribution < -0.4 is 15.8 Å². The number of carbonyl (C=O) groups is 1. The van der Waals surface area contributed by atoms with Gasteiger partial charge in [0, 0.05) is 29.4 Å². The standard InChI is InChI=1S/C26H23F2N5O2/c1-35-22-12-16(14-7-8-19(27)20(28)11-14)10-18-23(22)32-25(15-4-3-9-30-13-15)33-26(18)31-21-6-2-5-17(21)24(29)34/h3-4,7-13,17,21H,2,5-6H2,1H3,(H2,29,34)(H,31,32,33). The first-order chi connectivity index (χ1) is 16.9. The van der Waals surface area contributed by atoms with E-state index in [-0.39, 0.29) is 17.9 Å². The average molecular weight is 475 g/mol. The SMILES string of the molecule is COc1cc(-c2ccc(F)c(F)c2)cc2c(NC3CCCC3C(N)=O)nc(-c3cccnc3)nc12. The number of hydrogen-bond acceptors (Lipinski definition) is 6. The van der Waals surface area contributed by atoms with Gasteiger partial charge in [0.15, 0.2) is 17.5 Å². The van der Waals surface area contributed by atoms with Crippen molar-refractivity contribution in [3.8, 4) is 28.3 Å². The van der Waals surface area contributed by atoms with Gasteiger partial charge in [-0.1, -0.05) is 12.5 Å². The molecule has 0 aliphatic heterocycles.